The summed E-state index contributed by atoms with van der Waals surface area (Å²) in [7, 11) is -4.11. The highest BCUT2D eigenvalue weighted by Gasteiger charge is 2.34. The molecule has 2 amide bonds. The van der Waals surface area contributed by atoms with Crippen LogP contribution in [0.5, 0.6) is 0 Å². The highest BCUT2D eigenvalue weighted by atomic mass is 32.2. The van der Waals surface area contributed by atoms with E-state index in [4.69, 9.17) is 0 Å². The quantitative estimate of drug-likeness (QED) is 0.328. The Kier molecular flexibility index (Phi) is 10.0. The van der Waals surface area contributed by atoms with Crippen LogP contribution in [0.1, 0.15) is 61.9 Å². The Morgan fingerprint density at radius 1 is 0.805 bits per heavy atom. The second-order valence-corrected chi connectivity index (χ2v) is 13.7. The molecule has 0 radical (unpaired) electrons. The molecule has 41 heavy (non-hydrogen) atoms. The number of hydrogen-bond donors (Lipinski definition) is 1. The van der Waals surface area contributed by atoms with E-state index in [0.29, 0.717) is 12.1 Å². The summed E-state index contributed by atoms with van der Waals surface area (Å²) in [6.45, 7) is 14.9. The predicted octanol–water partition coefficient (Wildman–Crippen LogP) is 5.84. The van der Waals surface area contributed by atoms with Crippen LogP contribution < -0.4 is 9.62 Å². The molecular weight excluding hydrogens is 534 g/mol. The van der Waals surface area contributed by atoms with Crippen LogP contribution in [0.2, 0.25) is 0 Å². The molecule has 0 bridgehead atoms. The van der Waals surface area contributed by atoms with E-state index in [2.05, 4.69) is 5.32 Å². The molecule has 7 nitrogen and oxygen atoms in total. The Hall–Kier alpha value is -3.65. The van der Waals surface area contributed by atoms with Crippen molar-refractivity contribution < 1.29 is 18.0 Å². The van der Waals surface area contributed by atoms with Gasteiger partial charge in [0.1, 0.15) is 12.6 Å². The molecule has 0 aliphatic rings. The summed E-state index contributed by atoms with van der Waals surface area (Å²) in [6, 6.07) is 19.0. The normalized spacial score (nSPS) is 12.5. The fraction of sp³-hybridized carbons (Fsp3) is 0.394. The van der Waals surface area contributed by atoms with Crippen molar-refractivity contribution in [3.63, 3.8) is 0 Å². The molecular formula is C33H43N3O4S. The lowest BCUT2D eigenvalue weighted by Gasteiger charge is -2.35. The number of rotatable bonds is 10. The number of carbonyl (C=O) groups is 2. The van der Waals surface area contributed by atoms with Crippen LogP contribution in [0.4, 0.5) is 5.69 Å². The van der Waals surface area contributed by atoms with Gasteiger partial charge in [-0.05, 0) is 95.8 Å². The van der Waals surface area contributed by atoms with Crippen molar-refractivity contribution in [1.82, 2.24) is 10.2 Å². The zero-order valence-corrected chi connectivity index (χ0v) is 26.3. The molecule has 1 atom stereocenters. The number of nitrogens with zero attached hydrogens (tertiary/aromatic N) is 2. The number of benzene rings is 3. The summed E-state index contributed by atoms with van der Waals surface area (Å²) < 4.78 is 29.3. The van der Waals surface area contributed by atoms with Crippen LogP contribution >= 0.6 is 0 Å². The van der Waals surface area contributed by atoms with Crippen LogP contribution in [0.3, 0.4) is 0 Å². The first-order valence-electron chi connectivity index (χ1n) is 14.0. The molecule has 1 unspecified atom stereocenters. The highest BCUT2D eigenvalue weighted by molar-refractivity contribution is 7.92. The maximum atomic E-state index is 14.2. The molecule has 0 heterocycles. The minimum absolute atomic E-state index is 0.0951. The van der Waals surface area contributed by atoms with E-state index < -0.39 is 34.1 Å². The smallest absolute Gasteiger partial charge is 0.264 e. The number of hydrogen-bond acceptors (Lipinski definition) is 4. The zero-order valence-electron chi connectivity index (χ0n) is 25.5. The van der Waals surface area contributed by atoms with Crippen LogP contribution in [-0.2, 0) is 26.2 Å². The Labute approximate surface area is 245 Å². The average molecular weight is 578 g/mol. The molecule has 0 saturated carbocycles. The Morgan fingerprint density at radius 3 is 1.80 bits per heavy atom. The molecule has 0 aromatic heterocycles. The standard InChI is InChI=1S/C33H43N3O4S/c1-9-30(32(38)34-33(6,7)8)35(21-27-14-10-23(2)11-15-27)31(37)22-36(28-19-25(4)18-26(5)20-28)41(39,40)29-16-12-24(3)13-17-29/h10-20,30H,9,21-22H2,1-8H3,(H,34,38). The van der Waals surface area contributed by atoms with Gasteiger partial charge in [0, 0.05) is 12.1 Å². The largest absolute Gasteiger partial charge is 0.350 e. The van der Waals surface area contributed by atoms with Gasteiger partial charge in [-0.25, -0.2) is 8.42 Å². The molecule has 0 aliphatic carbocycles. The van der Waals surface area contributed by atoms with E-state index in [1.165, 1.54) is 4.90 Å². The third-order valence-corrected chi connectivity index (χ3v) is 8.53. The molecule has 220 valence electrons. The summed E-state index contributed by atoms with van der Waals surface area (Å²) >= 11 is 0. The van der Waals surface area contributed by atoms with E-state index in [-0.39, 0.29) is 17.3 Å². The minimum atomic E-state index is -4.11. The number of anilines is 1. The van der Waals surface area contributed by atoms with Crippen LogP contribution in [-0.4, -0.2) is 43.3 Å². The molecule has 3 aromatic rings. The Bertz CT molecular complexity index is 1450. The van der Waals surface area contributed by atoms with Gasteiger partial charge < -0.3 is 10.2 Å². The Balaban J connectivity index is 2.10. The van der Waals surface area contributed by atoms with Gasteiger partial charge in [0.25, 0.3) is 10.0 Å². The van der Waals surface area contributed by atoms with Crippen molar-refractivity contribution in [1.29, 1.82) is 0 Å². The van der Waals surface area contributed by atoms with Crippen molar-refractivity contribution in [3.8, 4) is 0 Å². The van der Waals surface area contributed by atoms with Gasteiger partial charge in [-0.1, -0.05) is 60.5 Å². The van der Waals surface area contributed by atoms with Crippen molar-refractivity contribution in [2.45, 2.75) is 84.8 Å². The lowest BCUT2D eigenvalue weighted by molar-refractivity contribution is -0.141. The van der Waals surface area contributed by atoms with Crippen molar-refractivity contribution in [3.05, 3.63) is 94.5 Å². The summed E-state index contributed by atoms with van der Waals surface area (Å²) in [5.41, 5.74) is 4.52. The number of sulfonamides is 1. The third-order valence-electron chi connectivity index (χ3n) is 6.74. The van der Waals surface area contributed by atoms with Crippen molar-refractivity contribution in [2.75, 3.05) is 10.8 Å². The lowest BCUT2D eigenvalue weighted by atomic mass is 10.1. The van der Waals surface area contributed by atoms with Crippen molar-refractivity contribution in [2.24, 2.45) is 0 Å². The summed E-state index contributed by atoms with van der Waals surface area (Å²) in [6.07, 6.45) is 0.369. The van der Waals surface area contributed by atoms with Gasteiger partial charge in [0.05, 0.1) is 10.6 Å². The summed E-state index contributed by atoms with van der Waals surface area (Å²) in [4.78, 5) is 29.3. The van der Waals surface area contributed by atoms with Gasteiger partial charge in [0.15, 0.2) is 0 Å². The summed E-state index contributed by atoms with van der Waals surface area (Å²) in [5, 5.41) is 3.00. The highest BCUT2D eigenvalue weighted by Crippen LogP contribution is 2.27. The predicted molar refractivity (Wildman–Crippen MR) is 165 cm³/mol. The average Bonchev–Trinajstić information content (AvgIpc) is 2.86. The molecule has 1 N–H and O–H groups in total. The molecule has 0 aliphatic heterocycles. The molecule has 3 rings (SSSR count). The first kappa shape index (κ1) is 31.9. The minimum Gasteiger partial charge on any atom is -0.350 e. The van der Waals surface area contributed by atoms with Gasteiger partial charge in [-0.3, -0.25) is 13.9 Å². The SMILES string of the molecule is CCC(C(=O)NC(C)(C)C)N(Cc1ccc(C)cc1)C(=O)CN(c1cc(C)cc(C)c1)S(=O)(=O)c1ccc(C)cc1. The third kappa shape index (κ3) is 8.43. The number of nitrogens with one attached hydrogen (secondary N) is 1. The van der Waals surface area contributed by atoms with Gasteiger partial charge >= 0.3 is 0 Å². The van der Waals surface area contributed by atoms with Crippen LogP contribution in [0, 0.1) is 27.7 Å². The molecule has 0 spiro atoms. The lowest BCUT2D eigenvalue weighted by Crippen LogP contribution is -2.55. The topological polar surface area (TPSA) is 86.8 Å². The molecule has 0 fully saturated rings. The van der Waals surface area contributed by atoms with Crippen LogP contribution in [0.25, 0.3) is 0 Å². The zero-order chi connectivity index (χ0) is 30.5. The van der Waals surface area contributed by atoms with Gasteiger partial charge in [-0.15, -0.1) is 0 Å². The fourth-order valence-electron chi connectivity index (χ4n) is 4.72. The van der Waals surface area contributed by atoms with E-state index in [0.717, 1.165) is 32.1 Å². The first-order valence-corrected chi connectivity index (χ1v) is 15.4. The van der Waals surface area contributed by atoms with Crippen LogP contribution in [0.15, 0.2) is 71.6 Å². The second-order valence-electron chi connectivity index (χ2n) is 11.8. The number of aryl methyl sites for hydroxylation is 4. The van der Waals surface area contributed by atoms with E-state index in [9.17, 15) is 18.0 Å². The van der Waals surface area contributed by atoms with Gasteiger partial charge in [0.2, 0.25) is 11.8 Å². The maximum absolute atomic E-state index is 14.2. The number of amides is 2. The molecule has 0 saturated heterocycles. The maximum Gasteiger partial charge on any atom is 0.264 e. The number of carbonyl (C=O) groups excluding carboxylic acids is 2. The van der Waals surface area contributed by atoms with E-state index in [1.807, 2.05) is 85.7 Å². The van der Waals surface area contributed by atoms with E-state index in [1.54, 1.807) is 36.4 Å². The summed E-state index contributed by atoms with van der Waals surface area (Å²) in [5.74, 6) is -0.740. The van der Waals surface area contributed by atoms with Crippen molar-refractivity contribution >= 4 is 27.5 Å². The fourth-order valence-corrected chi connectivity index (χ4v) is 6.12. The first-order chi connectivity index (χ1) is 19.1. The molecule has 3 aromatic carbocycles. The Morgan fingerprint density at radius 2 is 1.32 bits per heavy atom. The monoisotopic (exact) mass is 577 g/mol. The second kappa shape index (κ2) is 12.9. The van der Waals surface area contributed by atoms with E-state index >= 15 is 0 Å². The molecule has 8 heteroatoms. The van der Waals surface area contributed by atoms with Gasteiger partial charge in [-0.2, -0.15) is 0 Å².